The molecule has 0 aliphatic heterocycles. The minimum atomic E-state index is 0.787. The number of allylic oxidation sites excluding steroid dienone is 4. The molecule has 68 valence electrons. The Balaban J connectivity index is 0. The van der Waals surface area contributed by atoms with Crippen LogP contribution in [0.4, 0.5) is 0 Å². The molecule has 0 aliphatic carbocycles. The van der Waals surface area contributed by atoms with Gasteiger partial charge in [-0.3, -0.25) is 9.59 Å². The summed E-state index contributed by atoms with van der Waals surface area (Å²) in [6, 6.07) is 0. The van der Waals surface area contributed by atoms with Gasteiger partial charge in [0, 0.05) is 0 Å². The number of hydrogen-bond donors (Lipinski definition) is 0. The van der Waals surface area contributed by atoms with Crippen LogP contribution >= 0.6 is 0 Å². The maximum Gasteiger partial charge on any atom is 0.142 e. The SMILES string of the molecule is CC(C)=CC=O.CC(C)=CC=O. The van der Waals surface area contributed by atoms with Gasteiger partial charge in [-0.25, -0.2) is 0 Å². The van der Waals surface area contributed by atoms with E-state index in [0.717, 1.165) is 23.7 Å². The number of rotatable bonds is 2. The average Bonchev–Trinajstić information content (AvgIpc) is 1.87. The van der Waals surface area contributed by atoms with Crippen LogP contribution in [0.2, 0.25) is 0 Å². The van der Waals surface area contributed by atoms with Crippen molar-refractivity contribution in [2.75, 3.05) is 0 Å². The third-order valence-electron chi connectivity index (χ3n) is 0.803. The lowest BCUT2D eigenvalue weighted by Gasteiger charge is -1.73. The van der Waals surface area contributed by atoms with Gasteiger partial charge in [0.1, 0.15) is 12.6 Å². The minimum Gasteiger partial charge on any atom is -0.299 e. The van der Waals surface area contributed by atoms with E-state index in [9.17, 15) is 9.59 Å². The molecular weight excluding hydrogens is 152 g/mol. The third-order valence-corrected chi connectivity index (χ3v) is 0.803. The summed E-state index contributed by atoms with van der Waals surface area (Å²) < 4.78 is 0. The Hall–Kier alpha value is -1.18. The smallest absolute Gasteiger partial charge is 0.142 e. The lowest BCUT2D eigenvalue weighted by molar-refractivity contribution is -0.104. The van der Waals surface area contributed by atoms with Gasteiger partial charge < -0.3 is 0 Å². The van der Waals surface area contributed by atoms with Crippen molar-refractivity contribution in [3.63, 3.8) is 0 Å². The summed E-state index contributed by atoms with van der Waals surface area (Å²) in [6.07, 6.45) is 4.63. The summed E-state index contributed by atoms with van der Waals surface area (Å²) >= 11 is 0. The molecule has 0 radical (unpaired) electrons. The number of hydrogen-bond acceptors (Lipinski definition) is 2. The highest BCUT2D eigenvalue weighted by molar-refractivity contribution is 5.65. The molecule has 0 aromatic heterocycles. The summed E-state index contributed by atoms with van der Waals surface area (Å²) in [5.74, 6) is 0. The quantitative estimate of drug-likeness (QED) is 0.468. The predicted molar refractivity (Wildman–Crippen MR) is 51.0 cm³/mol. The number of carbonyl (C=O) groups excluding carboxylic acids is 2. The normalized spacial score (nSPS) is 7.00. The number of carbonyl (C=O) groups is 2. The lowest BCUT2D eigenvalue weighted by Crippen LogP contribution is -1.62. The predicted octanol–water partition coefficient (Wildman–Crippen LogP) is 2.30. The van der Waals surface area contributed by atoms with Crippen LogP contribution in [0.3, 0.4) is 0 Å². The fourth-order valence-corrected chi connectivity index (χ4v) is 0.272. The second kappa shape index (κ2) is 9.82. The monoisotopic (exact) mass is 168 g/mol. The molecule has 0 unspecified atom stereocenters. The van der Waals surface area contributed by atoms with E-state index in [2.05, 4.69) is 0 Å². The topological polar surface area (TPSA) is 34.1 Å². The van der Waals surface area contributed by atoms with Gasteiger partial charge in [-0.05, 0) is 39.8 Å². The molecule has 0 N–H and O–H groups in total. The van der Waals surface area contributed by atoms with Gasteiger partial charge in [0.15, 0.2) is 0 Å². The van der Waals surface area contributed by atoms with Crippen molar-refractivity contribution in [2.24, 2.45) is 0 Å². The highest BCUT2D eigenvalue weighted by Gasteiger charge is 1.67. The van der Waals surface area contributed by atoms with Gasteiger partial charge in [-0.15, -0.1) is 0 Å². The molecule has 0 saturated heterocycles. The molecule has 0 aromatic rings. The van der Waals surface area contributed by atoms with E-state index in [1.807, 2.05) is 27.7 Å². The maximum absolute atomic E-state index is 9.54. The summed E-state index contributed by atoms with van der Waals surface area (Å²) in [7, 11) is 0. The fraction of sp³-hybridized carbons (Fsp3) is 0.400. The highest BCUT2D eigenvalue weighted by atomic mass is 16.1. The van der Waals surface area contributed by atoms with E-state index in [-0.39, 0.29) is 0 Å². The molecule has 0 heterocycles. The van der Waals surface area contributed by atoms with Gasteiger partial charge in [-0.2, -0.15) is 0 Å². The molecule has 12 heavy (non-hydrogen) atoms. The number of aldehydes is 2. The van der Waals surface area contributed by atoms with E-state index in [4.69, 9.17) is 0 Å². The van der Waals surface area contributed by atoms with Gasteiger partial charge in [0.2, 0.25) is 0 Å². The van der Waals surface area contributed by atoms with Crippen molar-refractivity contribution in [2.45, 2.75) is 27.7 Å². The molecule has 0 atom stereocenters. The van der Waals surface area contributed by atoms with Gasteiger partial charge in [-0.1, -0.05) is 11.1 Å². The van der Waals surface area contributed by atoms with Crippen molar-refractivity contribution in [1.82, 2.24) is 0 Å². The summed E-state index contributed by atoms with van der Waals surface area (Å²) in [5.41, 5.74) is 2.09. The average molecular weight is 168 g/mol. The minimum absolute atomic E-state index is 0.787. The van der Waals surface area contributed by atoms with E-state index in [1.54, 1.807) is 0 Å². The first-order valence-corrected chi connectivity index (χ1v) is 3.72. The molecule has 0 rings (SSSR count). The third kappa shape index (κ3) is 23.2. The van der Waals surface area contributed by atoms with E-state index in [0.29, 0.717) is 0 Å². The fourth-order valence-electron chi connectivity index (χ4n) is 0.272. The zero-order chi connectivity index (χ0) is 9.98. The molecule has 0 spiro atoms. The molecule has 0 aromatic carbocycles. The Morgan fingerprint density at radius 2 is 1.00 bits per heavy atom. The Morgan fingerprint density at radius 3 is 1.00 bits per heavy atom. The Morgan fingerprint density at radius 1 is 0.750 bits per heavy atom. The van der Waals surface area contributed by atoms with Gasteiger partial charge >= 0.3 is 0 Å². The Kier molecular flexibility index (Phi) is 11.0. The van der Waals surface area contributed by atoms with Crippen LogP contribution in [-0.2, 0) is 9.59 Å². The lowest BCUT2D eigenvalue weighted by atomic mass is 10.3. The van der Waals surface area contributed by atoms with Crippen LogP contribution in [0.1, 0.15) is 27.7 Å². The van der Waals surface area contributed by atoms with Crippen LogP contribution in [0, 0.1) is 0 Å². The zero-order valence-corrected chi connectivity index (χ0v) is 8.13. The molecule has 0 bridgehead atoms. The molecule has 2 nitrogen and oxygen atoms in total. The van der Waals surface area contributed by atoms with Crippen molar-refractivity contribution >= 4 is 12.6 Å². The first-order chi connectivity index (χ1) is 5.54. The van der Waals surface area contributed by atoms with Crippen LogP contribution in [0.25, 0.3) is 0 Å². The van der Waals surface area contributed by atoms with Gasteiger partial charge in [0.05, 0.1) is 0 Å². The molecular formula is C10H16O2. The molecule has 0 fully saturated rings. The van der Waals surface area contributed by atoms with Crippen LogP contribution in [0.5, 0.6) is 0 Å². The maximum atomic E-state index is 9.54. The van der Waals surface area contributed by atoms with Gasteiger partial charge in [0.25, 0.3) is 0 Å². The van der Waals surface area contributed by atoms with Crippen LogP contribution in [0.15, 0.2) is 23.3 Å². The highest BCUT2D eigenvalue weighted by Crippen LogP contribution is 1.82. The van der Waals surface area contributed by atoms with Crippen molar-refractivity contribution in [3.05, 3.63) is 23.3 Å². The molecule has 0 saturated carbocycles. The molecule has 0 amide bonds. The standard InChI is InChI=1S/2C5H8O/c2*1-5(2)3-4-6/h2*3-4H,1-2H3. The van der Waals surface area contributed by atoms with Crippen LogP contribution in [-0.4, -0.2) is 12.6 Å². The Labute approximate surface area is 74.0 Å². The zero-order valence-electron chi connectivity index (χ0n) is 8.13. The second-order valence-corrected chi connectivity index (χ2v) is 2.76. The summed E-state index contributed by atoms with van der Waals surface area (Å²) in [6.45, 7) is 7.53. The molecule has 0 aliphatic rings. The Bertz CT molecular complexity index is 158. The van der Waals surface area contributed by atoms with Crippen molar-refractivity contribution < 1.29 is 9.59 Å². The van der Waals surface area contributed by atoms with E-state index < -0.39 is 0 Å². The van der Waals surface area contributed by atoms with E-state index >= 15 is 0 Å². The summed E-state index contributed by atoms with van der Waals surface area (Å²) in [5, 5.41) is 0. The first kappa shape index (κ1) is 13.4. The largest absolute Gasteiger partial charge is 0.299 e. The first-order valence-electron chi connectivity index (χ1n) is 3.72. The van der Waals surface area contributed by atoms with Crippen molar-refractivity contribution in [1.29, 1.82) is 0 Å². The van der Waals surface area contributed by atoms with Crippen molar-refractivity contribution in [3.8, 4) is 0 Å². The van der Waals surface area contributed by atoms with Crippen LogP contribution < -0.4 is 0 Å². The second-order valence-electron chi connectivity index (χ2n) is 2.76. The summed E-state index contributed by atoms with van der Waals surface area (Å²) in [4.78, 5) is 19.1. The van der Waals surface area contributed by atoms with E-state index in [1.165, 1.54) is 12.2 Å². The molecule has 2 heteroatoms.